The van der Waals surface area contributed by atoms with E-state index in [0.29, 0.717) is 0 Å². The van der Waals surface area contributed by atoms with Crippen molar-refractivity contribution < 1.29 is 19.2 Å². The van der Waals surface area contributed by atoms with Gasteiger partial charge in [-0.25, -0.2) is 4.57 Å². The molecule has 0 saturated carbocycles. The van der Waals surface area contributed by atoms with Crippen molar-refractivity contribution in [2.75, 3.05) is 13.1 Å². The van der Waals surface area contributed by atoms with Crippen LogP contribution in [0.3, 0.4) is 0 Å². The number of aliphatic imine (C=N–C) groups is 1. The SMILES string of the molecule is C1=NCCN1.O=P(O)(O)O.[KH]. The van der Waals surface area contributed by atoms with Crippen LogP contribution >= 0.6 is 7.82 Å². The van der Waals surface area contributed by atoms with Crippen molar-refractivity contribution in [2.45, 2.75) is 0 Å². The molecule has 0 aromatic carbocycles. The monoisotopic (exact) mass is 208 g/mol. The maximum atomic E-state index is 8.88. The van der Waals surface area contributed by atoms with Crippen LogP contribution in [-0.2, 0) is 4.57 Å². The molecule has 6 nitrogen and oxygen atoms in total. The van der Waals surface area contributed by atoms with E-state index in [4.69, 9.17) is 19.2 Å². The van der Waals surface area contributed by atoms with E-state index in [1.807, 2.05) is 0 Å². The molecule has 0 aromatic heterocycles. The minimum atomic E-state index is -4.64. The Balaban J connectivity index is 0. The first-order chi connectivity index (χ1) is 4.50. The van der Waals surface area contributed by atoms with Gasteiger partial charge >= 0.3 is 59.2 Å². The van der Waals surface area contributed by atoms with E-state index in [0.717, 1.165) is 13.1 Å². The molecule has 1 aliphatic heterocycles. The third-order valence-electron chi connectivity index (χ3n) is 0.568. The quantitative estimate of drug-likeness (QED) is 0.273. The summed E-state index contributed by atoms with van der Waals surface area (Å²) in [7, 11) is -4.64. The number of rotatable bonds is 0. The van der Waals surface area contributed by atoms with Gasteiger partial charge in [0.2, 0.25) is 0 Å². The number of phosphoric acid groups is 1. The summed E-state index contributed by atoms with van der Waals surface area (Å²) in [4.78, 5) is 25.4. The van der Waals surface area contributed by atoms with E-state index >= 15 is 0 Å². The van der Waals surface area contributed by atoms with Gasteiger partial charge in [0.05, 0.1) is 12.9 Å². The molecule has 0 aromatic rings. The van der Waals surface area contributed by atoms with Gasteiger partial charge in [-0.15, -0.1) is 0 Å². The van der Waals surface area contributed by atoms with Crippen LogP contribution in [0.15, 0.2) is 4.99 Å². The molecule has 4 N–H and O–H groups in total. The van der Waals surface area contributed by atoms with Crippen LogP contribution in [-0.4, -0.2) is 85.5 Å². The molecule has 0 radical (unpaired) electrons. The molecule has 0 unspecified atom stereocenters. The summed E-state index contributed by atoms with van der Waals surface area (Å²) in [6, 6.07) is 0. The molecule has 11 heavy (non-hydrogen) atoms. The third-order valence-corrected chi connectivity index (χ3v) is 0.568. The Morgan fingerprint density at radius 2 is 1.91 bits per heavy atom. The molecule has 1 rings (SSSR count). The molecular formula is C3H10KN2O4P. The van der Waals surface area contributed by atoms with Crippen molar-refractivity contribution in [1.82, 2.24) is 5.32 Å². The average molecular weight is 208 g/mol. The van der Waals surface area contributed by atoms with Crippen molar-refractivity contribution in [1.29, 1.82) is 0 Å². The van der Waals surface area contributed by atoms with Crippen LogP contribution in [0.1, 0.15) is 0 Å². The van der Waals surface area contributed by atoms with E-state index in [1.165, 1.54) is 0 Å². The minimum absolute atomic E-state index is 0. The first-order valence-electron chi connectivity index (χ1n) is 2.50. The van der Waals surface area contributed by atoms with Gasteiger partial charge in [0.25, 0.3) is 0 Å². The van der Waals surface area contributed by atoms with Crippen molar-refractivity contribution in [2.24, 2.45) is 4.99 Å². The van der Waals surface area contributed by atoms with Crippen LogP contribution in [0.2, 0.25) is 0 Å². The molecule has 1 aliphatic rings. The molecule has 0 fully saturated rings. The second-order valence-corrected chi connectivity index (χ2v) is 2.53. The molecule has 0 saturated heterocycles. The Kier molecular flexibility index (Phi) is 10.5. The summed E-state index contributed by atoms with van der Waals surface area (Å²) in [6.45, 7) is 1.99. The Morgan fingerprint density at radius 3 is 2.00 bits per heavy atom. The molecule has 0 spiro atoms. The maximum absolute atomic E-state index is 8.88. The topological polar surface area (TPSA) is 102 Å². The second-order valence-electron chi connectivity index (χ2n) is 1.50. The molecule has 0 aliphatic carbocycles. The number of hydrogen-bond acceptors (Lipinski definition) is 3. The zero-order chi connectivity index (χ0) is 8.04. The summed E-state index contributed by atoms with van der Waals surface area (Å²) in [6.07, 6.45) is 1.74. The summed E-state index contributed by atoms with van der Waals surface area (Å²) >= 11 is 0. The molecule has 1 heterocycles. The van der Waals surface area contributed by atoms with Gasteiger partial charge in [0.15, 0.2) is 0 Å². The standard InChI is InChI=1S/C3H6N2.K.H3O4P.H/c1-2-5-3-4-1;;1-5(2,3)4;/h3H,1-2H2,(H,4,5);;(H3,1,2,3,4);. The predicted octanol–water partition coefficient (Wildman–Crippen LogP) is -1.96. The van der Waals surface area contributed by atoms with Crippen molar-refractivity contribution in [3.8, 4) is 0 Å². The molecular weight excluding hydrogens is 198 g/mol. The van der Waals surface area contributed by atoms with Crippen LogP contribution < -0.4 is 5.32 Å². The summed E-state index contributed by atoms with van der Waals surface area (Å²) in [5.74, 6) is 0. The molecule has 0 amide bonds. The van der Waals surface area contributed by atoms with Crippen LogP contribution in [0.25, 0.3) is 0 Å². The number of hydrogen-bond donors (Lipinski definition) is 4. The van der Waals surface area contributed by atoms with E-state index in [1.54, 1.807) is 6.34 Å². The molecule has 62 valence electrons. The fraction of sp³-hybridized carbons (Fsp3) is 0.667. The Morgan fingerprint density at radius 1 is 1.45 bits per heavy atom. The number of nitrogens with one attached hydrogen (secondary N) is 1. The Bertz CT molecular complexity index is 143. The first kappa shape index (κ1) is 14.7. The van der Waals surface area contributed by atoms with E-state index in [-0.39, 0.29) is 51.4 Å². The van der Waals surface area contributed by atoms with Gasteiger partial charge in [0.1, 0.15) is 0 Å². The van der Waals surface area contributed by atoms with Gasteiger partial charge in [-0.05, 0) is 0 Å². The summed E-state index contributed by atoms with van der Waals surface area (Å²) in [5, 5.41) is 2.93. The van der Waals surface area contributed by atoms with Gasteiger partial charge < -0.3 is 20.0 Å². The van der Waals surface area contributed by atoms with Gasteiger partial charge in [-0.1, -0.05) is 0 Å². The summed E-state index contributed by atoms with van der Waals surface area (Å²) in [5.41, 5.74) is 0. The van der Waals surface area contributed by atoms with Crippen molar-refractivity contribution >= 4 is 65.5 Å². The fourth-order valence-electron chi connectivity index (χ4n) is 0.323. The third kappa shape index (κ3) is 24.7. The normalized spacial score (nSPS) is 14.1. The van der Waals surface area contributed by atoms with E-state index < -0.39 is 7.82 Å². The zero-order valence-corrected chi connectivity index (χ0v) is 6.03. The number of nitrogens with zero attached hydrogens (tertiary/aromatic N) is 1. The van der Waals surface area contributed by atoms with Crippen molar-refractivity contribution in [3.05, 3.63) is 0 Å². The molecule has 0 atom stereocenters. The molecule has 8 heteroatoms. The predicted molar refractivity (Wildman–Crippen MR) is 42.8 cm³/mol. The van der Waals surface area contributed by atoms with Crippen molar-refractivity contribution in [3.63, 3.8) is 0 Å². The van der Waals surface area contributed by atoms with Crippen LogP contribution in [0.4, 0.5) is 0 Å². The zero-order valence-electron chi connectivity index (χ0n) is 5.14. The average Bonchev–Trinajstić information content (AvgIpc) is 2.07. The van der Waals surface area contributed by atoms with E-state index in [9.17, 15) is 0 Å². The molecule has 0 bridgehead atoms. The van der Waals surface area contributed by atoms with Gasteiger partial charge in [-0.2, -0.15) is 0 Å². The van der Waals surface area contributed by atoms with Gasteiger partial charge in [-0.3, -0.25) is 4.99 Å². The summed E-state index contributed by atoms with van der Waals surface area (Å²) < 4.78 is 8.88. The van der Waals surface area contributed by atoms with Gasteiger partial charge in [0, 0.05) is 6.54 Å². The Hall–Kier alpha value is 1.22. The first-order valence-corrected chi connectivity index (χ1v) is 4.06. The second kappa shape index (κ2) is 7.84. The fourth-order valence-corrected chi connectivity index (χ4v) is 0.323. The van der Waals surface area contributed by atoms with Crippen LogP contribution in [0.5, 0.6) is 0 Å². The van der Waals surface area contributed by atoms with E-state index in [2.05, 4.69) is 10.3 Å². The van der Waals surface area contributed by atoms with Crippen LogP contribution in [0, 0.1) is 0 Å². The Labute approximate surface area is 107 Å².